The second-order valence-electron chi connectivity index (χ2n) is 4.70. The average molecular weight is 324 g/mol. The highest BCUT2D eigenvalue weighted by molar-refractivity contribution is 5.89. The fourth-order valence-corrected chi connectivity index (χ4v) is 1.88. The number of aromatic nitrogens is 1. The summed E-state index contributed by atoms with van der Waals surface area (Å²) in [7, 11) is 0. The molecule has 1 N–H and O–H groups in total. The van der Waals surface area contributed by atoms with E-state index < -0.39 is 17.7 Å². The predicted molar refractivity (Wildman–Crippen MR) is 79.0 cm³/mol. The van der Waals surface area contributed by atoms with E-state index in [1.807, 2.05) is 0 Å². The molecule has 7 heteroatoms. The van der Waals surface area contributed by atoms with Gasteiger partial charge >= 0.3 is 12.1 Å². The van der Waals surface area contributed by atoms with Gasteiger partial charge in [-0.1, -0.05) is 12.1 Å². The van der Waals surface area contributed by atoms with E-state index in [0.717, 1.165) is 12.1 Å². The Morgan fingerprint density at radius 2 is 2.04 bits per heavy atom. The van der Waals surface area contributed by atoms with E-state index in [9.17, 15) is 18.0 Å². The quantitative estimate of drug-likeness (QED) is 0.848. The van der Waals surface area contributed by atoms with Gasteiger partial charge in [-0.05, 0) is 36.8 Å². The summed E-state index contributed by atoms with van der Waals surface area (Å²) in [6.07, 6.45) is -3.01. The second-order valence-corrected chi connectivity index (χ2v) is 4.70. The fourth-order valence-electron chi connectivity index (χ4n) is 1.88. The van der Waals surface area contributed by atoms with Gasteiger partial charge in [0.15, 0.2) is 0 Å². The molecule has 23 heavy (non-hydrogen) atoms. The van der Waals surface area contributed by atoms with Crippen LogP contribution in [-0.4, -0.2) is 17.6 Å². The molecule has 0 atom stereocenters. The number of halogens is 3. The molecule has 0 spiro atoms. The molecule has 2 rings (SSSR count). The first-order chi connectivity index (χ1) is 10.9. The van der Waals surface area contributed by atoms with E-state index in [0.29, 0.717) is 16.9 Å². The van der Waals surface area contributed by atoms with Crippen LogP contribution in [0.2, 0.25) is 0 Å². The lowest BCUT2D eigenvalue weighted by atomic mass is 10.1. The number of alkyl halides is 3. The normalized spacial score (nSPS) is 11.1. The molecule has 1 aromatic heterocycles. The molecule has 0 amide bonds. The topological polar surface area (TPSA) is 51.2 Å². The summed E-state index contributed by atoms with van der Waals surface area (Å²) in [5.41, 5.74) is 0.106. The van der Waals surface area contributed by atoms with Gasteiger partial charge in [-0.2, -0.15) is 13.2 Å². The van der Waals surface area contributed by atoms with E-state index in [1.54, 1.807) is 25.1 Å². The SMILES string of the molecule is CCOC(=O)c1ccc(NCc2cccc(C(F)(F)F)c2)nc1. The largest absolute Gasteiger partial charge is 0.462 e. The average Bonchev–Trinajstić information content (AvgIpc) is 2.53. The van der Waals surface area contributed by atoms with Crippen LogP contribution in [0.5, 0.6) is 0 Å². The third-order valence-corrected chi connectivity index (χ3v) is 3.00. The van der Waals surface area contributed by atoms with Crippen molar-refractivity contribution in [2.45, 2.75) is 19.6 Å². The molecule has 0 aliphatic rings. The predicted octanol–water partition coefficient (Wildman–Crippen LogP) is 3.89. The summed E-state index contributed by atoms with van der Waals surface area (Å²) < 4.78 is 42.7. The molecule has 1 heterocycles. The Hall–Kier alpha value is -2.57. The Morgan fingerprint density at radius 3 is 2.65 bits per heavy atom. The number of rotatable bonds is 5. The summed E-state index contributed by atoms with van der Waals surface area (Å²) in [6, 6.07) is 8.17. The molecule has 0 bridgehead atoms. The summed E-state index contributed by atoms with van der Waals surface area (Å²) in [5, 5.41) is 2.91. The summed E-state index contributed by atoms with van der Waals surface area (Å²) in [5.74, 6) is -0.0140. The van der Waals surface area contributed by atoms with Crippen molar-refractivity contribution in [3.8, 4) is 0 Å². The molecular weight excluding hydrogens is 309 g/mol. The first-order valence-corrected chi connectivity index (χ1v) is 6.93. The molecular formula is C16H15F3N2O2. The number of pyridine rings is 1. The smallest absolute Gasteiger partial charge is 0.416 e. The van der Waals surface area contributed by atoms with Gasteiger partial charge in [0.05, 0.1) is 17.7 Å². The van der Waals surface area contributed by atoms with Crippen LogP contribution in [-0.2, 0) is 17.5 Å². The van der Waals surface area contributed by atoms with E-state index in [1.165, 1.54) is 12.3 Å². The molecule has 0 radical (unpaired) electrons. The monoisotopic (exact) mass is 324 g/mol. The lowest BCUT2D eigenvalue weighted by Crippen LogP contribution is -2.08. The van der Waals surface area contributed by atoms with Gasteiger partial charge in [0.2, 0.25) is 0 Å². The number of benzene rings is 1. The molecule has 0 aliphatic carbocycles. The number of esters is 1. The number of hydrogen-bond donors (Lipinski definition) is 1. The van der Waals surface area contributed by atoms with Crippen molar-refractivity contribution < 1.29 is 22.7 Å². The Bertz CT molecular complexity index is 670. The Kier molecular flexibility index (Phi) is 5.20. The van der Waals surface area contributed by atoms with Crippen LogP contribution in [0.4, 0.5) is 19.0 Å². The van der Waals surface area contributed by atoms with E-state index in [-0.39, 0.29) is 13.2 Å². The lowest BCUT2D eigenvalue weighted by molar-refractivity contribution is -0.137. The zero-order chi connectivity index (χ0) is 16.9. The van der Waals surface area contributed by atoms with Crippen molar-refractivity contribution in [1.82, 2.24) is 4.98 Å². The van der Waals surface area contributed by atoms with Gasteiger partial charge in [-0.15, -0.1) is 0 Å². The highest BCUT2D eigenvalue weighted by Crippen LogP contribution is 2.29. The summed E-state index contributed by atoms with van der Waals surface area (Å²) in [4.78, 5) is 15.5. The number of ether oxygens (including phenoxy) is 1. The summed E-state index contributed by atoms with van der Waals surface area (Å²) >= 11 is 0. The fraction of sp³-hybridized carbons (Fsp3) is 0.250. The molecule has 2 aromatic rings. The van der Waals surface area contributed by atoms with Gasteiger partial charge in [-0.3, -0.25) is 0 Å². The van der Waals surface area contributed by atoms with Crippen molar-refractivity contribution in [1.29, 1.82) is 0 Å². The van der Waals surface area contributed by atoms with Gasteiger partial charge in [0.25, 0.3) is 0 Å². The van der Waals surface area contributed by atoms with Crippen molar-refractivity contribution >= 4 is 11.8 Å². The zero-order valence-corrected chi connectivity index (χ0v) is 12.4. The number of nitrogens with one attached hydrogen (secondary N) is 1. The Morgan fingerprint density at radius 1 is 1.26 bits per heavy atom. The maximum absolute atomic E-state index is 12.6. The van der Waals surface area contributed by atoms with Crippen molar-refractivity contribution in [2.24, 2.45) is 0 Å². The first kappa shape index (κ1) is 16.8. The molecule has 122 valence electrons. The van der Waals surface area contributed by atoms with Crippen LogP contribution in [0.25, 0.3) is 0 Å². The number of carbonyl (C=O) groups is 1. The zero-order valence-electron chi connectivity index (χ0n) is 12.4. The highest BCUT2D eigenvalue weighted by atomic mass is 19.4. The molecule has 0 fully saturated rings. The molecule has 0 saturated carbocycles. The van der Waals surface area contributed by atoms with Crippen LogP contribution < -0.4 is 5.32 Å². The van der Waals surface area contributed by atoms with Crippen LogP contribution >= 0.6 is 0 Å². The van der Waals surface area contributed by atoms with Gasteiger partial charge in [0, 0.05) is 12.7 Å². The number of anilines is 1. The third kappa shape index (κ3) is 4.70. The number of nitrogens with zero attached hydrogens (tertiary/aromatic N) is 1. The van der Waals surface area contributed by atoms with Gasteiger partial charge in [-0.25, -0.2) is 9.78 Å². The third-order valence-electron chi connectivity index (χ3n) is 3.00. The highest BCUT2D eigenvalue weighted by Gasteiger charge is 2.30. The Balaban J connectivity index is 2.00. The van der Waals surface area contributed by atoms with E-state index in [2.05, 4.69) is 10.3 Å². The van der Waals surface area contributed by atoms with Crippen molar-refractivity contribution in [2.75, 3.05) is 11.9 Å². The lowest BCUT2D eigenvalue weighted by Gasteiger charge is -2.10. The Labute approximate surface area is 131 Å². The number of carbonyl (C=O) groups excluding carboxylic acids is 1. The van der Waals surface area contributed by atoms with E-state index in [4.69, 9.17) is 4.74 Å². The number of hydrogen-bond acceptors (Lipinski definition) is 4. The van der Waals surface area contributed by atoms with Crippen LogP contribution in [0.3, 0.4) is 0 Å². The first-order valence-electron chi connectivity index (χ1n) is 6.93. The molecule has 1 aromatic carbocycles. The molecule has 0 saturated heterocycles. The molecule has 0 unspecified atom stereocenters. The molecule has 0 aliphatic heterocycles. The maximum Gasteiger partial charge on any atom is 0.416 e. The maximum atomic E-state index is 12.6. The standard InChI is InChI=1S/C16H15F3N2O2/c1-2-23-15(22)12-6-7-14(21-10-12)20-9-11-4-3-5-13(8-11)16(17,18)19/h3-8,10H,2,9H2,1H3,(H,20,21). The summed E-state index contributed by atoms with van der Waals surface area (Å²) in [6.45, 7) is 2.17. The minimum atomic E-state index is -4.37. The second kappa shape index (κ2) is 7.13. The van der Waals surface area contributed by atoms with Crippen LogP contribution in [0.1, 0.15) is 28.4 Å². The van der Waals surface area contributed by atoms with Crippen LogP contribution in [0, 0.1) is 0 Å². The molecule has 4 nitrogen and oxygen atoms in total. The minimum absolute atomic E-state index is 0.190. The van der Waals surface area contributed by atoms with Gasteiger partial charge < -0.3 is 10.1 Å². The van der Waals surface area contributed by atoms with E-state index >= 15 is 0 Å². The van der Waals surface area contributed by atoms with Crippen LogP contribution in [0.15, 0.2) is 42.6 Å². The van der Waals surface area contributed by atoms with Crippen molar-refractivity contribution in [3.63, 3.8) is 0 Å². The minimum Gasteiger partial charge on any atom is -0.462 e. The van der Waals surface area contributed by atoms with Crippen molar-refractivity contribution in [3.05, 3.63) is 59.3 Å². The van der Waals surface area contributed by atoms with Gasteiger partial charge in [0.1, 0.15) is 5.82 Å².